The van der Waals surface area contributed by atoms with E-state index in [9.17, 15) is 8.78 Å². The minimum atomic E-state index is -0.604. The van der Waals surface area contributed by atoms with Crippen molar-refractivity contribution < 1.29 is 13.9 Å². The molecule has 3 nitrogen and oxygen atoms in total. The Morgan fingerprint density at radius 3 is 2.48 bits per heavy atom. The quantitative estimate of drug-likeness (QED) is 0.809. The second-order valence-electron chi connectivity index (χ2n) is 4.92. The summed E-state index contributed by atoms with van der Waals surface area (Å²) in [6.07, 6.45) is 1.08. The van der Waals surface area contributed by atoms with Gasteiger partial charge in [-0.2, -0.15) is 0 Å². The number of nitrogens with one attached hydrogen (secondary N) is 1. The van der Waals surface area contributed by atoms with Crippen molar-refractivity contribution in [3.8, 4) is 0 Å². The Morgan fingerprint density at radius 1 is 1.24 bits per heavy atom. The van der Waals surface area contributed by atoms with E-state index in [0.717, 1.165) is 38.3 Å². The van der Waals surface area contributed by atoms with Crippen molar-refractivity contribution in [1.29, 1.82) is 0 Å². The van der Waals surface area contributed by atoms with Crippen molar-refractivity contribution in [3.05, 3.63) is 34.4 Å². The maximum absolute atomic E-state index is 14.1. The Balaban J connectivity index is 0.00000220. The molecule has 1 aliphatic heterocycles. The first-order valence-corrected chi connectivity index (χ1v) is 7.22. The molecule has 120 valence electrons. The number of aliphatic hydroxyl groups is 1. The number of benzene rings is 1. The van der Waals surface area contributed by atoms with Crippen molar-refractivity contribution >= 4 is 24.0 Å². The summed E-state index contributed by atoms with van der Waals surface area (Å²) < 4.78 is 27.7. The Labute approximate surface area is 134 Å². The van der Waals surface area contributed by atoms with Gasteiger partial charge in [0.25, 0.3) is 0 Å². The van der Waals surface area contributed by atoms with E-state index in [1.807, 2.05) is 0 Å². The van der Waals surface area contributed by atoms with Gasteiger partial charge in [-0.25, -0.2) is 8.78 Å². The molecule has 1 aliphatic rings. The van der Waals surface area contributed by atoms with Gasteiger partial charge in [0.1, 0.15) is 11.6 Å². The lowest BCUT2D eigenvalue weighted by molar-refractivity contribution is 0.151. The molecule has 7 heteroatoms. The Bertz CT molecular complexity index is 457. The van der Waals surface area contributed by atoms with E-state index in [1.165, 1.54) is 0 Å². The van der Waals surface area contributed by atoms with Crippen molar-refractivity contribution in [3.63, 3.8) is 0 Å². The monoisotopic (exact) mass is 340 g/mol. The van der Waals surface area contributed by atoms with Gasteiger partial charge in [-0.1, -0.05) is 11.6 Å². The molecule has 1 fully saturated rings. The molecule has 0 bridgehead atoms. The number of hydrogen-bond donors (Lipinski definition) is 2. The van der Waals surface area contributed by atoms with Gasteiger partial charge in [0.2, 0.25) is 0 Å². The fraction of sp³-hybridized carbons (Fsp3) is 0.571. The summed E-state index contributed by atoms with van der Waals surface area (Å²) in [6, 6.07) is 1.86. The van der Waals surface area contributed by atoms with Crippen molar-refractivity contribution in [2.45, 2.75) is 18.9 Å². The first kappa shape index (κ1) is 18.6. The molecule has 1 atom stereocenters. The van der Waals surface area contributed by atoms with Gasteiger partial charge < -0.3 is 10.4 Å². The standard InChI is InChI=1S/C14H19ClF2N2O.ClH/c15-14-11(17)4-3-10(16)13(14)12(2-1-9-20)19-7-5-18-6-8-19;/h3-4,12,18,20H,1-2,5-9H2;1H/t12-;/m0./s1. The smallest absolute Gasteiger partial charge is 0.142 e. The molecule has 0 radical (unpaired) electrons. The van der Waals surface area contributed by atoms with Crippen LogP contribution in [0.2, 0.25) is 5.02 Å². The van der Waals surface area contributed by atoms with E-state index in [-0.39, 0.29) is 35.6 Å². The van der Waals surface area contributed by atoms with Crippen LogP contribution in [0.4, 0.5) is 8.78 Å². The number of nitrogens with zero attached hydrogens (tertiary/aromatic N) is 1. The second-order valence-corrected chi connectivity index (χ2v) is 5.30. The van der Waals surface area contributed by atoms with E-state index in [4.69, 9.17) is 16.7 Å². The third kappa shape index (κ3) is 4.50. The molecule has 0 saturated carbocycles. The van der Waals surface area contributed by atoms with Gasteiger partial charge in [0.15, 0.2) is 0 Å². The molecule has 21 heavy (non-hydrogen) atoms. The largest absolute Gasteiger partial charge is 0.396 e. The fourth-order valence-corrected chi connectivity index (χ4v) is 2.92. The molecular formula is C14H20Cl2F2N2O. The third-order valence-electron chi connectivity index (χ3n) is 3.64. The normalized spacial score (nSPS) is 17.3. The van der Waals surface area contributed by atoms with E-state index in [0.29, 0.717) is 12.8 Å². The van der Waals surface area contributed by atoms with Crippen LogP contribution in [0.25, 0.3) is 0 Å². The molecule has 0 spiro atoms. The van der Waals surface area contributed by atoms with Gasteiger partial charge in [-0.15, -0.1) is 12.4 Å². The zero-order valence-electron chi connectivity index (χ0n) is 11.6. The highest BCUT2D eigenvalue weighted by atomic mass is 35.5. The van der Waals surface area contributed by atoms with Gasteiger partial charge >= 0.3 is 0 Å². The van der Waals surface area contributed by atoms with Crippen LogP contribution in [-0.4, -0.2) is 42.8 Å². The minimum Gasteiger partial charge on any atom is -0.396 e. The molecule has 1 aromatic carbocycles. The van der Waals surface area contributed by atoms with Gasteiger partial charge in [0, 0.05) is 44.4 Å². The molecule has 1 saturated heterocycles. The molecule has 2 rings (SSSR count). The minimum absolute atomic E-state index is 0. The highest BCUT2D eigenvalue weighted by Crippen LogP contribution is 2.34. The maximum Gasteiger partial charge on any atom is 0.142 e. The van der Waals surface area contributed by atoms with Crippen LogP contribution in [0, 0.1) is 11.6 Å². The molecule has 0 amide bonds. The summed E-state index contributed by atoms with van der Waals surface area (Å²) in [4.78, 5) is 2.09. The van der Waals surface area contributed by atoms with Crippen LogP contribution in [0.1, 0.15) is 24.4 Å². The maximum atomic E-state index is 14.1. The molecule has 2 N–H and O–H groups in total. The highest BCUT2D eigenvalue weighted by Gasteiger charge is 2.27. The lowest BCUT2D eigenvalue weighted by atomic mass is 9.98. The van der Waals surface area contributed by atoms with Crippen LogP contribution in [0.15, 0.2) is 12.1 Å². The second kappa shape index (κ2) is 8.86. The Kier molecular flexibility index (Phi) is 7.84. The van der Waals surface area contributed by atoms with Crippen LogP contribution < -0.4 is 5.32 Å². The number of rotatable bonds is 5. The van der Waals surface area contributed by atoms with Crippen LogP contribution in [0.3, 0.4) is 0 Å². The SMILES string of the molecule is Cl.OCCC[C@@H](c1c(F)ccc(F)c1Cl)N1CCNCC1. The van der Waals surface area contributed by atoms with E-state index >= 15 is 0 Å². The van der Waals surface area contributed by atoms with Crippen molar-refractivity contribution in [2.75, 3.05) is 32.8 Å². The lowest BCUT2D eigenvalue weighted by Gasteiger charge is -2.35. The predicted octanol–water partition coefficient (Wildman–Crippen LogP) is 2.76. The van der Waals surface area contributed by atoms with Crippen LogP contribution in [0.5, 0.6) is 0 Å². The summed E-state index contributed by atoms with van der Waals surface area (Å²) >= 11 is 5.97. The van der Waals surface area contributed by atoms with Crippen LogP contribution in [-0.2, 0) is 0 Å². The Hall–Kier alpha value is -0.460. The average Bonchev–Trinajstić information content (AvgIpc) is 2.47. The first-order valence-electron chi connectivity index (χ1n) is 6.84. The summed E-state index contributed by atoms with van der Waals surface area (Å²) in [6.45, 7) is 3.15. The molecular weight excluding hydrogens is 321 g/mol. The molecule has 1 aromatic rings. The van der Waals surface area contributed by atoms with E-state index < -0.39 is 11.6 Å². The first-order chi connectivity index (χ1) is 9.65. The Morgan fingerprint density at radius 2 is 1.86 bits per heavy atom. The highest BCUT2D eigenvalue weighted by molar-refractivity contribution is 6.31. The van der Waals surface area contributed by atoms with Gasteiger partial charge in [-0.3, -0.25) is 4.90 Å². The number of piperazine rings is 1. The molecule has 0 unspecified atom stereocenters. The third-order valence-corrected chi connectivity index (χ3v) is 4.02. The summed E-state index contributed by atoms with van der Waals surface area (Å²) in [5, 5.41) is 12.1. The van der Waals surface area contributed by atoms with Gasteiger partial charge in [-0.05, 0) is 25.0 Å². The van der Waals surface area contributed by atoms with Crippen molar-refractivity contribution in [1.82, 2.24) is 10.2 Å². The molecule has 0 aromatic heterocycles. The predicted molar refractivity (Wildman–Crippen MR) is 82.1 cm³/mol. The van der Waals surface area contributed by atoms with Crippen molar-refractivity contribution in [2.24, 2.45) is 0 Å². The zero-order chi connectivity index (χ0) is 14.5. The fourth-order valence-electron chi connectivity index (χ4n) is 2.64. The van der Waals surface area contributed by atoms with Crippen LogP contribution >= 0.6 is 24.0 Å². The summed E-state index contributed by atoms with van der Waals surface area (Å²) in [5.74, 6) is -1.09. The number of aliphatic hydroxyl groups excluding tert-OH is 1. The number of halogens is 4. The lowest BCUT2D eigenvalue weighted by Crippen LogP contribution is -2.45. The average molecular weight is 341 g/mol. The van der Waals surface area contributed by atoms with E-state index in [2.05, 4.69) is 10.2 Å². The van der Waals surface area contributed by atoms with E-state index in [1.54, 1.807) is 0 Å². The number of hydrogen-bond acceptors (Lipinski definition) is 3. The molecule has 1 heterocycles. The molecule has 0 aliphatic carbocycles. The topological polar surface area (TPSA) is 35.5 Å². The van der Waals surface area contributed by atoms with Gasteiger partial charge in [0.05, 0.1) is 5.02 Å². The zero-order valence-corrected chi connectivity index (χ0v) is 13.2. The summed E-state index contributed by atoms with van der Waals surface area (Å²) in [7, 11) is 0. The summed E-state index contributed by atoms with van der Waals surface area (Å²) in [5.41, 5.74) is 0.210.